The van der Waals surface area contributed by atoms with E-state index in [9.17, 15) is 0 Å². The topological polar surface area (TPSA) is 47.0 Å². The van der Waals surface area contributed by atoms with E-state index in [1.54, 1.807) is 0 Å². The lowest BCUT2D eigenvalue weighted by molar-refractivity contribution is 0.452. The van der Waals surface area contributed by atoms with Crippen molar-refractivity contribution >= 4 is 5.82 Å². The van der Waals surface area contributed by atoms with Crippen molar-refractivity contribution in [2.24, 2.45) is 0 Å². The van der Waals surface area contributed by atoms with Gasteiger partial charge in [0, 0.05) is 6.54 Å². The van der Waals surface area contributed by atoms with Crippen molar-refractivity contribution in [3.8, 4) is 11.6 Å². The molecule has 2 aromatic rings. The average Bonchev–Trinajstić information content (AvgIpc) is 2.38. The highest BCUT2D eigenvalue weighted by Gasteiger charge is 2.11. The fraction of sp³-hybridized carbons (Fsp3) is 0.333. The SMILES string of the molecule is CCNc1nc(C)nc(Oc2ccccc2C)c1C. The molecule has 0 spiro atoms. The van der Waals surface area contributed by atoms with E-state index in [0.29, 0.717) is 11.7 Å². The summed E-state index contributed by atoms with van der Waals surface area (Å²) < 4.78 is 5.92. The van der Waals surface area contributed by atoms with Gasteiger partial charge in [-0.3, -0.25) is 0 Å². The summed E-state index contributed by atoms with van der Waals surface area (Å²) in [5, 5.41) is 3.23. The Morgan fingerprint density at radius 2 is 1.84 bits per heavy atom. The van der Waals surface area contributed by atoms with Crippen molar-refractivity contribution in [2.75, 3.05) is 11.9 Å². The second-order valence-corrected chi connectivity index (χ2v) is 4.45. The van der Waals surface area contributed by atoms with Crippen LogP contribution in [0.3, 0.4) is 0 Å². The summed E-state index contributed by atoms with van der Waals surface area (Å²) in [7, 11) is 0. The molecule has 100 valence electrons. The molecule has 0 saturated heterocycles. The molecule has 4 heteroatoms. The number of anilines is 1. The van der Waals surface area contributed by atoms with Crippen molar-refractivity contribution in [1.29, 1.82) is 0 Å². The first-order valence-electron chi connectivity index (χ1n) is 6.44. The van der Waals surface area contributed by atoms with Gasteiger partial charge in [0.25, 0.3) is 0 Å². The maximum absolute atomic E-state index is 5.92. The summed E-state index contributed by atoms with van der Waals surface area (Å²) in [5.74, 6) is 2.97. The van der Waals surface area contributed by atoms with Gasteiger partial charge in [0.05, 0.1) is 5.56 Å². The molecule has 2 rings (SSSR count). The number of aryl methyl sites for hydroxylation is 2. The molecule has 19 heavy (non-hydrogen) atoms. The molecule has 0 saturated carbocycles. The fourth-order valence-corrected chi connectivity index (χ4v) is 1.82. The van der Waals surface area contributed by atoms with Gasteiger partial charge in [-0.25, -0.2) is 4.98 Å². The molecule has 1 aromatic carbocycles. The van der Waals surface area contributed by atoms with Crippen LogP contribution in [-0.4, -0.2) is 16.5 Å². The van der Waals surface area contributed by atoms with Crippen LogP contribution in [0.25, 0.3) is 0 Å². The molecule has 0 aliphatic heterocycles. The minimum atomic E-state index is 0.609. The molecular formula is C15H19N3O. The van der Waals surface area contributed by atoms with Crippen LogP contribution in [0.15, 0.2) is 24.3 Å². The molecule has 0 aliphatic rings. The van der Waals surface area contributed by atoms with Gasteiger partial charge >= 0.3 is 0 Å². The van der Waals surface area contributed by atoms with Gasteiger partial charge in [-0.2, -0.15) is 4.98 Å². The number of hydrogen-bond donors (Lipinski definition) is 1. The Morgan fingerprint density at radius 3 is 2.53 bits per heavy atom. The zero-order chi connectivity index (χ0) is 13.8. The van der Waals surface area contributed by atoms with Crippen molar-refractivity contribution in [3.63, 3.8) is 0 Å². The van der Waals surface area contributed by atoms with Crippen molar-refractivity contribution in [1.82, 2.24) is 9.97 Å². The number of benzene rings is 1. The predicted octanol–water partition coefficient (Wildman–Crippen LogP) is 3.63. The summed E-state index contributed by atoms with van der Waals surface area (Å²) in [5.41, 5.74) is 2.01. The van der Waals surface area contributed by atoms with Gasteiger partial charge in [-0.15, -0.1) is 0 Å². The number of nitrogens with one attached hydrogen (secondary N) is 1. The number of hydrogen-bond acceptors (Lipinski definition) is 4. The van der Waals surface area contributed by atoms with Gasteiger partial charge in [-0.1, -0.05) is 18.2 Å². The van der Waals surface area contributed by atoms with Crippen molar-refractivity contribution in [2.45, 2.75) is 27.7 Å². The predicted molar refractivity (Wildman–Crippen MR) is 76.9 cm³/mol. The minimum absolute atomic E-state index is 0.609. The largest absolute Gasteiger partial charge is 0.438 e. The maximum Gasteiger partial charge on any atom is 0.227 e. The molecule has 0 aliphatic carbocycles. The first kappa shape index (κ1) is 13.3. The summed E-state index contributed by atoms with van der Waals surface area (Å²) in [6, 6.07) is 7.91. The number of aromatic nitrogens is 2. The lowest BCUT2D eigenvalue weighted by Crippen LogP contribution is -2.06. The first-order chi connectivity index (χ1) is 9.11. The number of nitrogens with zero attached hydrogens (tertiary/aromatic N) is 2. The summed E-state index contributed by atoms with van der Waals surface area (Å²) >= 11 is 0. The molecule has 0 amide bonds. The van der Waals surface area contributed by atoms with Crippen LogP contribution in [0.5, 0.6) is 11.6 Å². The Bertz CT molecular complexity index is 582. The molecular weight excluding hydrogens is 238 g/mol. The summed E-state index contributed by atoms with van der Waals surface area (Å²) in [6.45, 7) is 8.71. The van der Waals surface area contributed by atoms with Gasteiger partial charge in [0.1, 0.15) is 17.4 Å². The minimum Gasteiger partial charge on any atom is -0.438 e. The van der Waals surface area contributed by atoms with Crippen LogP contribution in [0.4, 0.5) is 5.82 Å². The van der Waals surface area contributed by atoms with Crippen LogP contribution in [0.1, 0.15) is 23.9 Å². The Kier molecular flexibility index (Phi) is 4.00. The highest BCUT2D eigenvalue weighted by molar-refractivity contribution is 5.50. The molecule has 1 heterocycles. The fourth-order valence-electron chi connectivity index (χ4n) is 1.82. The average molecular weight is 257 g/mol. The van der Waals surface area contributed by atoms with E-state index in [-0.39, 0.29) is 0 Å². The summed E-state index contributed by atoms with van der Waals surface area (Å²) in [4.78, 5) is 8.76. The van der Waals surface area contributed by atoms with Crippen LogP contribution in [-0.2, 0) is 0 Å². The number of ether oxygens (including phenoxy) is 1. The van der Waals surface area contributed by atoms with E-state index >= 15 is 0 Å². The molecule has 4 nitrogen and oxygen atoms in total. The van der Waals surface area contributed by atoms with Crippen molar-refractivity contribution < 1.29 is 4.74 Å². The Morgan fingerprint density at radius 1 is 1.11 bits per heavy atom. The molecule has 0 radical (unpaired) electrons. The Labute approximate surface area is 113 Å². The zero-order valence-corrected chi connectivity index (χ0v) is 11.8. The lowest BCUT2D eigenvalue weighted by atomic mass is 10.2. The molecule has 0 fully saturated rings. The Balaban J connectivity index is 2.37. The highest BCUT2D eigenvalue weighted by Crippen LogP contribution is 2.28. The number of rotatable bonds is 4. The normalized spacial score (nSPS) is 10.3. The molecule has 1 N–H and O–H groups in total. The van der Waals surface area contributed by atoms with E-state index in [1.807, 2.05) is 52.0 Å². The number of para-hydroxylation sites is 1. The van der Waals surface area contributed by atoms with Gasteiger partial charge in [0.2, 0.25) is 5.88 Å². The third-order valence-electron chi connectivity index (χ3n) is 2.86. The van der Waals surface area contributed by atoms with Crippen LogP contribution in [0.2, 0.25) is 0 Å². The standard InChI is InChI=1S/C15H19N3O/c1-5-16-14-11(3)15(18-12(4)17-14)19-13-9-7-6-8-10(13)2/h6-9H,5H2,1-4H3,(H,16,17,18). The van der Waals surface area contributed by atoms with Gasteiger partial charge < -0.3 is 10.1 Å². The van der Waals surface area contributed by atoms with E-state index in [1.165, 1.54) is 0 Å². The van der Waals surface area contributed by atoms with Crippen LogP contribution < -0.4 is 10.1 Å². The summed E-state index contributed by atoms with van der Waals surface area (Å²) in [6.07, 6.45) is 0. The van der Waals surface area contributed by atoms with Crippen LogP contribution in [0, 0.1) is 20.8 Å². The first-order valence-corrected chi connectivity index (χ1v) is 6.44. The zero-order valence-electron chi connectivity index (χ0n) is 11.8. The van der Waals surface area contributed by atoms with Crippen molar-refractivity contribution in [3.05, 3.63) is 41.2 Å². The second kappa shape index (κ2) is 5.69. The van der Waals surface area contributed by atoms with E-state index in [2.05, 4.69) is 15.3 Å². The smallest absolute Gasteiger partial charge is 0.227 e. The third kappa shape index (κ3) is 3.02. The lowest BCUT2D eigenvalue weighted by Gasteiger charge is -2.13. The Hall–Kier alpha value is -2.10. The van der Waals surface area contributed by atoms with E-state index < -0.39 is 0 Å². The van der Waals surface area contributed by atoms with Gasteiger partial charge in [0.15, 0.2) is 0 Å². The van der Waals surface area contributed by atoms with Gasteiger partial charge in [-0.05, 0) is 39.3 Å². The highest BCUT2D eigenvalue weighted by atomic mass is 16.5. The molecule has 1 aromatic heterocycles. The third-order valence-corrected chi connectivity index (χ3v) is 2.86. The second-order valence-electron chi connectivity index (χ2n) is 4.45. The van der Waals surface area contributed by atoms with E-state index in [4.69, 9.17) is 4.74 Å². The quantitative estimate of drug-likeness (QED) is 0.908. The molecule has 0 unspecified atom stereocenters. The monoisotopic (exact) mass is 257 g/mol. The molecule has 0 bridgehead atoms. The maximum atomic E-state index is 5.92. The van der Waals surface area contributed by atoms with E-state index in [0.717, 1.165) is 29.2 Å². The molecule has 0 atom stereocenters. The van der Waals surface area contributed by atoms with Crippen LogP contribution >= 0.6 is 0 Å².